The highest BCUT2D eigenvalue weighted by Crippen LogP contribution is 2.28. The van der Waals surface area contributed by atoms with Gasteiger partial charge < -0.3 is 10.2 Å². The van der Waals surface area contributed by atoms with E-state index in [4.69, 9.17) is 0 Å². The van der Waals surface area contributed by atoms with Crippen molar-refractivity contribution in [3.05, 3.63) is 41.3 Å². The summed E-state index contributed by atoms with van der Waals surface area (Å²) >= 11 is 1.35. The second kappa shape index (κ2) is 6.02. The topological polar surface area (TPSA) is 45.2 Å². The number of aromatic nitrogens is 1. The van der Waals surface area contributed by atoms with E-state index in [2.05, 4.69) is 15.2 Å². The Morgan fingerprint density at radius 1 is 1.30 bits per heavy atom. The van der Waals surface area contributed by atoms with Crippen LogP contribution in [0, 0.1) is 11.7 Å². The summed E-state index contributed by atoms with van der Waals surface area (Å²) in [5.41, 5.74) is 0.879. The van der Waals surface area contributed by atoms with Crippen LogP contribution in [0.15, 0.2) is 30.5 Å². The zero-order valence-electron chi connectivity index (χ0n) is 12.7. The lowest BCUT2D eigenvalue weighted by Crippen LogP contribution is -2.46. The van der Waals surface area contributed by atoms with Crippen LogP contribution >= 0.6 is 11.3 Å². The number of carbonyl (C=O) groups excluding carboxylic acids is 1. The first kappa shape index (κ1) is 14.8. The molecular formula is C17H18FN3OS. The molecule has 1 unspecified atom stereocenters. The normalized spacial score (nSPS) is 26.2. The Morgan fingerprint density at radius 2 is 2.13 bits per heavy atom. The third-order valence-corrected chi connectivity index (χ3v) is 5.68. The molecule has 1 N–H and O–H groups in total. The summed E-state index contributed by atoms with van der Waals surface area (Å²) in [4.78, 5) is 19.9. The Hall–Kier alpha value is -1.79. The van der Waals surface area contributed by atoms with Gasteiger partial charge in [-0.3, -0.25) is 4.79 Å². The molecule has 2 aromatic rings. The standard InChI is InChI=1S/C17H18FN3OS/c18-13-3-1-12(2-4-13)15-8-19-17(23-15)16(22)20-14-7-11-5-6-21(9-11)10-14/h1-4,8,11,14H,5-7,9-10H2,(H,20,22)/t11-,14+/m0/s1. The van der Waals surface area contributed by atoms with Crippen LogP contribution in [0.25, 0.3) is 10.4 Å². The molecule has 3 heterocycles. The molecule has 2 bridgehead atoms. The number of amides is 1. The second-order valence-corrected chi connectivity index (χ2v) is 7.39. The van der Waals surface area contributed by atoms with Crippen molar-refractivity contribution in [1.29, 1.82) is 0 Å². The summed E-state index contributed by atoms with van der Waals surface area (Å²) in [6, 6.07) is 6.47. The quantitative estimate of drug-likeness (QED) is 0.941. The number of nitrogens with one attached hydrogen (secondary N) is 1. The van der Waals surface area contributed by atoms with Crippen LogP contribution in [0.5, 0.6) is 0 Å². The summed E-state index contributed by atoms with van der Waals surface area (Å²) in [6.45, 7) is 3.28. The van der Waals surface area contributed by atoms with E-state index in [1.165, 1.54) is 36.4 Å². The minimum atomic E-state index is -0.266. The molecule has 6 heteroatoms. The molecule has 2 aliphatic rings. The number of hydrogen-bond donors (Lipinski definition) is 1. The molecule has 2 aliphatic heterocycles. The summed E-state index contributed by atoms with van der Waals surface area (Å²) in [6.07, 6.45) is 4.00. The van der Waals surface area contributed by atoms with Gasteiger partial charge in [-0.05, 0) is 43.0 Å². The summed E-state index contributed by atoms with van der Waals surface area (Å²) in [5, 5.41) is 3.59. The zero-order chi connectivity index (χ0) is 15.8. The lowest BCUT2D eigenvalue weighted by atomic mass is 9.97. The molecule has 2 saturated heterocycles. The summed E-state index contributed by atoms with van der Waals surface area (Å²) < 4.78 is 13.0. The molecule has 0 aliphatic carbocycles. The first-order valence-electron chi connectivity index (χ1n) is 7.92. The van der Waals surface area contributed by atoms with Crippen molar-refractivity contribution >= 4 is 17.2 Å². The molecule has 23 heavy (non-hydrogen) atoms. The number of fused-ring (bicyclic) bond motifs is 2. The van der Waals surface area contributed by atoms with Crippen LogP contribution in [0.1, 0.15) is 22.6 Å². The van der Waals surface area contributed by atoms with Crippen molar-refractivity contribution in [1.82, 2.24) is 15.2 Å². The first-order chi connectivity index (χ1) is 11.2. The molecule has 0 radical (unpaired) electrons. The average Bonchev–Trinajstić information content (AvgIpc) is 3.15. The molecular weight excluding hydrogens is 313 g/mol. The third kappa shape index (κ3) is 3.14. The highest BCUT2D eigenvalue weighted by Gasteiger charge is 2.33. The van der Waals surface area contributed by atoms with Crippen LogP contribution in [-0.4, -0.2) is 41.5 Å². The van der Waals surface area contributed by atoms with Crippen molar-refractivity contribution < 1.29 is 9.18 Å². The van der Waals surface area contributed by atoms with Gasteiger partial charge in [0.25, 0.3) is 5.91 Å². The lowest BCUT2D eigenvalue weighted by molar-refractivity contribution is 0.0909. The van der Waals surface area contributed by atoms with Crippen LogP contribution in [-0.2, 0) is 0 Å². The van der Waals surface area contributed by atoms with Crippen LogP contribution in [0.2, 0.25) is 0 Å². The fourth-order valence-electron chi connectivity index (χ4n) is 3.54. The Kier molecular flexibility index (Phi) is 3.87. The maximum absolute atomic E-state index is 13.0. The van der Waals surface area contributed by atoms with E-state index < -0.39 is 0 Å². The van der Waals surface area contributed by atoms with Gasteiger partial charge in [0.2, 0.25) is 0 Å². The predicted molar refractivity (Wildman–Crippen MR) is 87.9 cm³/mol. The monoisotopic (exact) mass is 331 g/mol. The maximum atomic E-state index is 13.0. The number of benzene rings is 1. The first-order valence-corrected chi connectivity index (χ1v) is 8.74. The molecule has 0 saturated carbocycles. The highest BCUT2D eigenvalue weighted by atomic mass is 32.1. The molecule has 2 fully saturated rings. The Bertz CT molecular complexity index is 703. The maximum Gasteiger partial charge on any atom is 0.280 e. The SMILES string of the molecule is O=C(N[C@@H]1C[C@@H]2CCN(C2)C1)c1ncc(-c2ccc(F)cc2)s1. The van der Waals surface area contributed by atoms with Crippen LogP contribution in [0.3, 0.4) is 0 Å². The number of hydrogen-bond acceptors (Lipinski definition) is 4. The minimum absolute atomic E-state index is 0.101. The number of nitrogens with zero attached hydrogens (tertiary/aromatic N) is 2. The molecule has 1 amide bonds. The van der Waals surface area contributed by atoms with Gasteiger partial charge in [-0.15, -0.1) is 11.3 Å². The number of carbonyl (C=O) groups is 1. The van der Waals surface area contributed by atoms with E-state index in [-0.39, 0.29) is 17.8 Å². The summed E-state index contributed by atoms with van der Waals surface area (Å²) in [5.74, 6) is 0.356. The predicted octanol–water partition coefficient (Wildman–Crippen LogP) is 2.77. The van der Waals surface area contributed by atoms with E-state index in [0.29, 0.717) is 5.01 Å². The van der Waals surface area contributed by atoms with Gasteiger partial charge in [-0.25, -0.2) is 9.37 Å². The molecule has 1 aromatic carbocycles. The molecule has 0 spiro atoms. The van der Waals surface area contributed by atoms with Gasteiger partial charge >= 0.3 is 0 Å². The number of halogens is 1. The Morgan fingerprint density at radius 3 is 2.91 bits per heavy atom. The Labute approximate surface area is 138 Å². The Balaban J connectivity index is 1.44. The largest absolute Gasteiger partial charge is 0.346 e. The fourth-order valence-corrected chi connectivity index (χ4v) is 4.36. The van der Waals surface area contributed by atoms with Crippen molar-refractivity contribution in [2.45, 2.75) is 18.9 Å². The summed E-state index contributed by atoms with van der Waals surface area (Å²) in [7, 11) is 0. The van der Waals surface area contributed by atoms with Gasteiger partial charge in [-0.1, -0.05) is 12.1 Å². The smallest absolute Gasteiger partial charge is 0.280 e. The van der Waals surface area contributed by atoms with E-state index >= 15 is 0 Å². The number of rotatable bonds is 3. The lowest BCUT2D eigenvalue weighted by Gasteiger charge is -2.30. The van der Waals surface area contributed by atoms with Gasteiger partial charge in [0, 0.05) is 25.3 Å². The zero-order valence-corrected chi connectivity index (χ0v) is 13.5. The van der Waals surface area contributed by atoms with Crippen LogP contribution in [0.4, 0.5) is 4.39 Å². The highest BCUT2D eigenvalue weighted by molar-refractivity contribution is 7.16. The number of piperidine rings is 1. The van der Waals surface area contributed by atoms with E-state index in [0.717, 1.165) is 35.9 Å². The average molecular weight is 331 g/mol. The molecule has 3 atom stereocenters. The van der Waals surface area contributed by atoms with Crippen molar-refractivity contribution in [3.8, 4) is 10.4 Å². The van der Waals surface area contributed by atoms with Crippen molar-refractivity contribution in [3.63, 3.8) is 0 Å². The number of thiazole rings is 1. The molecule has 4 nitrogen and oxygen atoms in total. The van der Waals surface area contributed by atoms with E-state index in [1.54, 1.807) is 18.3 Å². The van der Waals surface area contributed by atoms with Gasteiger partial charge in [-0.2, -0.15) is 0 Å². The van der Waals surface area contributed by atoms with Crippen LogP contribution < -0.4 is 5.32 Å². The molecule has 4 rings (SSSR count). The van der Waals surface area contributed by atoms with Gasteiger partial charge in [0.1, 0.15) is 5.82 Å². The van der Waals surface area contributed by atoms with Gasteiger partial charge in [0.15, 0.2) is 5.01 Å². The third-order valence-electron chi connectivity index (χ3n) is 4.63. The van der Waals surface area contributed by atoms with Crippen molar-refractivity contribution in [2.24, 2.45) is 5.92 Å². The van der Waals surface area contributed by atoms with Gasteiger partial charge in [0.05, 0.1) is 4.88 Å². The second-order valence-electron chi connectivity index (χ2n) is 6.36. The van der Waals surface area contributed by atoms with E-state index in [9.17, 15) is 9.18 Å². The molecule has 1 aromatic heterocycles. The minimum Gasteiger partial charge on any atom is -0.346 e. The fraction of sp³-hybridized carbons (Fsp3) is 0.412. The van der Waals surface area contributed by atoms with E-state index in [1.807, 2.05) is 0 Å². The molecule has 120 valence electrons. The van der Waals surface area contributed by atoms with Crippen molar-refractivity contribution in [2.75, 3.05) is 19.6 Å².